The van der Waals surface area contributed by atoms with Gasteiger partial charge in [0.05, 0.1) is 11.4 Å². The van der Waals surface area contributed by atoms with Crippen LogP contribution in [0.5, 0.6) is 0 Å². The van der Waals surface area contributed by atoms with Crippen molar-refractivity contribution in [3.8, 4) is 0 Å². The summed E-state index contributed by atoms with van der Waals surface area (Å²) in [5.74, 6) is 1.33. The number of carbonyl (C=O) groups excluding carboxylic acids is 2. The lowest BCUT2D eigenvalue weighted by Gasteiger charge is -2.33. The average Bonchev–Trinajstić information content (AvgIpc) is 3.27. The van der Waals surface area contributed by atoms with Gasteiger partial charge in [-0.1, -0.05) is 0 Å². The van der Waals surface area contributed by atoms with Crippen molar-refractivity contribution in [2.45, 2.75) is 32.1 Å². The molecule has 2 atom stereocenters. The number of amides is 2. The van der Waals surface area contributed by atoms with E-state index in [0.717, 1.165) is 49.3 Å². The third-order valence-electron chi connectivity index (χ3n) is 5.38. The number of H-pyrrole nitrogens is 1. The van der Waals surface area contributed by atoms with Gasteiger partial charge < -0.3 is 14.8 Å². The fourth-order valence-corrected chi connectivity index (χ4v) is 3.96. The zero-order valence-corrected chi connectivity index (χ0v) is 14.4. The summed E-state index contributed by atoms with van der Waals surface area (Å²) in [6.07, 6.45) is 4.43. The molecule has 2 saturated heterocycles. The van der Waals surface area contributed by atoms with Gasteiger partial charge in [0, 0.05) is 45.2 Å². The van der Waals surface area contributed by atoms with E-state index in [9.17, 15) is 9.59 Å². The highest BCUT2D eigenvalue weighted by atomic mass is 16.2. The van der Waals surface area contributed by atoms with Crippen LogP contribution in [-0.4, -0.2) is 62.7 Å². The highest BCUT2D eigenvalue weighted by Gasteiger charge is 2.35. The number of piperidine rings is 1. The molecular weight excluding hydrogens is 318 g/mol. The predicted molar refractivity (Wildman–Crippen MR) is 92.8 cm³/mol. The lowest BCUT2D eigenvalue weighted by Crippen LogP contribution is -2.45. The summed E-state index contributed by atoms with van der Waals surface area (Å²) in [7, 11) is 0. The van der Waals surface area contributed by atoms with Crippen LogP contribution in [-0.2, 0) is 9.59 Å². The monoisotopic (exact) mass is 341 g/mol. The molecule has 1 N–H and O–H groups in total. The molecule has 0 spiro atoms. The van der Waals surface area contributed by atoms with Gasteiger partial charge in [-0.3, -0.25) is 9.59 Å². The summed E-state index contributed by atoms with van der Waals surface area (Å²) in [5.41, 5.74) is 1.67. The first-order chi connectivity index (χ1) is 12.1. The zero-order valence-electron chi connectivity index (χ0n) is 14.4. The summed E-state index contributed by atoms with van der Waals surface area (Å²) in [6, 6.07) is 3.85. The maximum absolute atomic E-state index is 12.9. The van der Waals surface area contributed by atoms with Crippen molar-refractivity contribution in [2.24, 2.45) is 5.92 Å². The number of nitrogens with one attached hydrogen (secondary N) is 1. The fraction of sp³-hybridized carbons (Fsp3) is 0.556. The van der Waals surface area contributed by atoms with E-state index in [4.69, 9.17) is 0 Å². The largest absolute Gasteiger partial charge is 0.342 e. The van der Waals surface area contributed by atoms with Crippen LogP contribution in [0.2, 0.25) is 0 Å². The van der Waals surface area contributed by atoms with E-state index in [-0.39, 0.29) is 23.7 Å². The Morgan fingerprint density at radius 1 is 1.20 bits per heavy atom. The number of rotatable bonds is 2. The second-order valence-electron chi connectivity index (χ2n) is 7.07. The number of hydrogen-bond acceptors (Lipinski definition) is 4. The smallest absolute Gasteiger partial charge is 0.227 e. The standard InChI is InChI=1S/C18H23N5O2/c1-12(24)22-8-3-4-14(11-22)18(25)23-9-6-13(10-23)16-20-15-5-2-7-19-17(15)21-16/h2,5,7,13-14H,3-4,6,8-11H2,1H3,(H,19,20,21). The van der Waals surface area contributed by atoms with Gasteiger partial charge in [-0.25, -0.2) is 9.97 Å². The van der Waals surface area contributed by atoms with Crippen molar-refractivity contribution in [1.29, 1.82) is 0 Å². The number of nitrogens with zero attached hydrogens (tertiary/aromatic N) is 4. The Labute approximate surface area is 146 Å². The van der Waals surface area contributed by atoms with Crippen LogP contribution in [0, 0.1) is 5.92 Å². The van der Waals surface area contributed by atoms with E-state index >= 15 is 0 Å². The minimum Gasteiger partial charge on any atom is -0.342 e. The molecule has 132 valence electrons. The SMILES string of the molecule is CC(=O)N1CCCC(C(=O)N2CCC(c3nc4ncccc4[nH]3)C2)C1. The highest BCUT2D eigenvalue weighted by molar-refractivity contribution is 5.81. The summed E-state index contributed by atoms with van der Waals surface area (Å²) >= 11 is 0. The molecule has 2 aromatic heterocycles. The molecule has 7 nitrogen and oxygen atoms in total. The molecule has 0 radical (unpaired) electrons. The second kappa shape index (κ2) is 6.46. The molecular formula is C18H23N5O2. The lowest BCUT2D eigenvalue weighted by molar-refractivity contribution is -0.139. The van der Waals surface area contributed by atoms with Gasteiger partial charge in [0.1, 0.15) is 5.82 Å². The zero-order chi connectivity index (χ0) is 17.4. The number of hydrogen-bond donors (Lipinski definition) is 1. The van der Waals surface area contributed by atoms with Gasteiger partial charge >= 0.3 is 0 Å². The number of carbonyl (C=O) groups is 2. The number of aromatic amines is 1. The van der Waals surface area contributed by atoms with E-state index in [1.54, 1.807) is 18.0 Å². The molecule has 0 saturated carbocycles. The molecule has 7 heteroatoms. The molecule has 2 unspecified atom stereocenters. The maximum atomic E-state index is 12.9. The third-order valence-corrected chi connectivity index (χ3v) is 5.38. The minimum atomic E-state index is -0.0614. The van der Waals surface area contributed by atoms with Crippen molar-refractivity contribution < 1.29 is 9.59 Å². The quantitative estimate of drug-likeness (QED) is 0.898. The van der Waals surface area contributed by atoms with Crippen molar-refractivity contribution in [3.63, 3.8) is 0 Å². The highest BCUT2D eigenvalue weighted by Crippen LogP contribution is 2.29. The van der Waals surface area contributed by atoms with Crippen molar-refractivity contribution in [3.05, 3.63) is 24.2 Å². The predicted octanol–water partition coefficient (Wildman–Crippen LogP) is 1.53. The first-order valence-corrected chi connectivity index (χ1v) is 8.97. The first-order valence-electron chi connectivity index (χ1n) is 8.97. The van der Waals surface area contributed by atoms with Crippen LogP contribution in [0.15, 0.2) is 18.3 Å². The Morgan fingerprint density at radius 3 is 2.88 bits per heavy atom. The van der Waals surface area contributed by atoms with Gasteiger partial charge in [-0.05, 0) is 31.4 Å². The van der Waals surface area contributed by atoms with Gasteiger partial charge in [0.2, 0.25) is 11.8 Å². The summed E-state index contributed by atoms with van der Waals surface area (Å²) < 4.78 is 0. The third kappa shape index (κ3) is 3.10. The molecule has 2 aliphatic rings. The number of aromatic nitrogens is 3. The van der Waals surface area contributed by atoms with Crippen molar-refractivity contribution in [1.82, 2.24) is 24.8 Å². The Bertz CT molecular complexity index is 769. The van der Waals surface area contributed by atoms with Crippen LogP contribution in [0.4, 0.5) is 0 Å². The Morgan fingerprint density at radius 2 is 2.08 bits per heavy atom. The molecule has 0 bridgehead atoms. The molecule has 2 amide bonds. The van der Waals surface area contributed by atoms with Crippen LogP contribution >= 0.6 is 0 Å². The molecule has 2 fully saturated rings. The van der Waals surface area contributed by atoms with Crippen molar-refractivity contribution in [2.75, 3.05) is 26.2 Å². The normalized spacial score (nSPS) is 24.0. The van der Waals surface area contributed by atoms with Gasteiger partial charge in [-0.15, -0.1) is 0 Å². The maximum Gasteiger partial charge on any atom is 0.227 e. The number of likely N-dealkylation sites (tertiary alicyclic amines) is 2. The molecule has 4 rings (SSSR count). The Kier molecular flexibility index (Phi) is 4.15. The fourth-order valence-electron chi connectivity index (χ4n) is 3.96. The molecule has 4 heterocycles. The number of imidazole rings is 1. The summed E-state index contributed by atoms with van der Waals surface area (Å²) in [6.45, 7) is 4.35. The van der Waals surface area contributed by atoms with Crippen LogP contribution < -0.4 is 0 Å². The average molecular weight is 341 g/mol. The van der Waals surface area contributed by atoms with Gasteiger partial charge in [0.15, 0.2) is 5.65 Å². The Hall–Kier alpha value is -2.44. The molecule has 0 aromatic carbocycles. The van der Waals surface area contributed by atoms with Crippen LogP contribution in [0.1, 0.15) is 37.9 Å². The second-order valence-corrected chi connectivity index (χ2v) is 7.07. The summed E-state index contributed by atoms with van der Waals surface area (Å²) in [5, 5.41) is 0. The first kappa shape index (κ1) is 16.1. The van der Waals surface area contributed by atoms with E-state index in [1.807, 2.05) is 17.0 Å². The van der Waals surface area contributed by atoms with Crippen LogP contribution in [0.25, 0.3) is 11.2 Å². The minimum absolute atomic E-state index is 0.0614. The lowest BCUT2D eigenvalue weighted by atomic mass is 9.96. The van der Waals surface area contributed by atoms with E-state index in [1.165, 1.54) is 0 Å². The van der Waals surface area contributed by atoms with Gasteiger partial charge in [-0.2, -0.15) is 0 Å². The summed E-state index contributed by atoms with van der Waals surface area (Å²) in [4.78, 5) is 40.4. The molecule has 0 aliphatic carbocycles. The molecule has 2 aliphatic heterocycles. The molecule has 25 heavy (non-hydrogen) atoms. The van der Waals surface area contributed by atoms with Crippen molar-refractivity contribution >= 4 is 23.0 Å². The van der Waals surface area contributed by atoms with Crippen LogP contribution in [0.3, 0.4) is 0 Å². The number of pyridine rings is 1. The van der Waals surface area contributed by atoms with Gasteiger partial charge in [0.25, 0.3) is 0 Å². The van der Waals surface area contributed by atoms with E-state index in [2.05, 4.69) is 15.0 Å². The molecule has 2 aromatic rings. The van der Waals surface area contributed by atoms with E-state index < -0.39 is 0 Å². The Balaban J connectivity index is 1.43. The van der Waals surface area contributed by atoms with E-state index in [0.29, 0.717) is 13.1 Å². The number of fused-ring (bicyclic) bond motifs is 1. The topological polar surface area (TPSA) is 82.2 Å².